The molecule has 0 aliphatic carbocycles. The third-order valence-electron chi connectivity index (χ3n) is 5.30. The molecule has 4 aromatic rings. The summed E-state index contributed by atoms with van der Waals surface area (Å²) in [5.74, 6) is -0.111. The Morgan fingerprint density at radius 2 is 1.91 bits per heavy atom. The molecule has 0 saturated heterocycles. The van der Waals surface area contributed by atoms with Crippen LogP contribution in [0.25, 0.3) is 11.2 Å². The van der Waals surface area contributed by atoms with Crippen LogP contribution in [0.4, 0.5) is 5.69 Å². The first-order valence-electron chi connectivity index (χ1n) is 10.3. The molecule has 3 heterocycles. The van der Waals surface area contributed by atoms with Crippen LogP contribution in [0.1, 0.15) is 17.0 Å². The van der Waals surface area contributed by atoms with Crippen LogP contribution in [0.3, 0.4) is 0 Å². The quantitative estimate of drug-likeness (QED) is 0.427. The van der Waals surface area contributed by atoms with E-state index in [9.17, 15) is 14.4 Å². The summed E-state index contributed by atoms with van der Waals surface area (Å²) in [7, 11) is 1.56. The number of fused-ring (bicyclic) bond motifs is 1. The van der Waals surface area contributed by atoms with E-state index >= 15 is 0 Å². The summed E-state index contributed by atoms with van der Waals surface area (Å²) in [5, 5.41) is 6.47. The zero-order chi connectivity index (χ0) is 23.5. The maximum atomic E-state index is 13.3. The minimum atomic E-state index is -0.623. The molecule has 1 N–H and O–H groups in total. The first kappa shape index (κ1) is 22.2. The van der Waals surface area contributed by atoms with Crippen molar-refractivity contribution in [3.8, 4) is 0 Å². The van der Waals surface area contributed by atoms with Crippen molar-refractivity contribution in [1.82, 2.24) is 23.8 Å². The highest BCUT2D eigenvalue weighted by atomic mass is 16.5. The van der Waals surface area contributed by atoms with Crippen LogP contribution < -0.4 is 16.6 Å². The van der Waals surface area contributed by atoms with Crippen molar-refractivity contribution in [2.24, 2.45) is 0 Å². The summed E-state index contributed by atoms with van der Waals surface area (Å²) in [6, 6.07) is 9.35. The van der Waals surface area contributed by atoms with Crippen LogP contribution in [0, 0.1) is 13.8 Å². The summed E-state index contributed by atoms with van der Waals surface area (Å²) >= 11 is 0. The number of ether oxygens (including phenoxy) is 1. The van der Waals surface area contributed by atoms with Crippen LogP contribution in [0.5, 0.6) is 0 Å². The Morgan fingerprint density at radius 3 is 2.58 bits per heavy atom. The molecule has 0 atom stereocenters. The number of aromatic nitrogens is 5. The number of imidazole rings is 1. The molecule has 3 aromatic heterocycles. The zero-order valence-electron chi connectivity index (χ0n) is 18.6. The van der Waals surface area contributed by atoms with Gasteiger partial charge in [0.15, 0.2) is 16.9 Å². The second kappa shape index (κ2) is 9.25. The summed E-state index contributed by atoms with van der Waals surface area (Å²) in [6.45, 7) is 3.80. The standard InChI is InChI=1S/C22H24N6O5/c1-14-18(15(2)33-25-14)24-17(29)12-28-21(30)19-20(23-13-26(19)9-10-32-3)27(22(28)31)11-16-7-5-4-6-8-16/h4-8,13H,9-12H2,1-3H3,(H,24,29). The van der Waals surface area contributed by atoms with E-state index in [1.807, 2.05) is 30.3 Å². The fourth-order valence-corrected chi connectivity index (χ4v) is 3.63. The van der Waals surface area contributed by atoms with Crippen molar-refractivity contribution in [2.45, 2.75) is 33.5 Å². The van der Waals surface area contributed by atoms with Gasteiger partial charge in [0, 0.05) is 13.7 Å². The summed E-state index contributed by atoms with van der Waals surface area (Å²) < 4.78 is 14.1. The van der Waals surface area contributed by atoms with Gasteiger partial charge in [0.2, 0.25) is 5.91 Å². The highest BCUT2D eigenvalue weighted by Crippen LogP contribution is 2.18. The number of carbonyl (C=O) groups is 1. The number of benzene rings is 1. The van der Waals surface area contributed by atoms with Gasteiger partial charge in [0.1, 0.15) is 17.9 Å². The molecule has 0 unspecified atom stereocenters. The smallest absolute Gasteiger partial charge is 0.333 e. The fourth-order valence-electron chi connectivity index (χ4n) is 3.63. The fraction of sp³-hybridized carbons (Fsp3) is 0.318. The van der Waals surface area contributed by atoms with Gasteiger partial charge in [-0.1, -0.05) is 35.5 Å². The molecule has 1 aromatic carbocycles. The van der Waals surface area contributed by atoms with E-state index < -0.39 is 23.7 Å². The molecule has 11 nitrogen and oxygen atoms in total. The number of anilines is 1. The third-order valence-corrected chi connectivity index (χ3v) is 5.30. The zero-order valence-corrected chi connectivity index (χ0v) is 18.6. The maximum absolute atomic E-state index is 13.3. The number of hydrogen-bond acceptors (Lipinski definition) is 7. The second-order valence-corrected chi connectivity index (χ2v) is 7.60. The highest BCUT2D eigenvalue weighted by Gasteiger charge is 2.21. The molecule has 0 aliphatic heterocycles. The topological polar surface area (TPSA) is 126 Å². The number of aryl methyl sites for hydroxylation is 2. The van der Waals surface area contributed by atoms with Crippen molar-refractivity contribution in [3.63, 3.8) is 0 Å². The SMILES string of the molecule is COCCn1cnc2c1c(=O)n(CC(=O)Nc1c(C)noc1C)c(=O)n2Cc1ccccc1. The lowest BCUT2D eigenvalue weighted by Crippen LogP contribution is -2.43. The molecule has 172 valence electrons. The second-order valence-electron chi connectivity index (χ2n) is 7.60. The van der Waals surface area contributed by atoms with Gasteiger partial charge in [-0.15, -0.1) is 0 Å². The molecular formula is C22H24N6O5. The molecule has 0 spiro atoms. The first-order valence-corrected chi connectivity index (χ1v) is 10.3. The Bertz CT molecular complexity index is 1390. The number of hydrogen-bond donors (Lipinski definition) is 1. The van der Waals surface area contributed by atoms with Gasteiger partial charge in [-0.25, -0.2) is 14.3 Å². The van der Waals surface area contributed by atoms with Gasteiger partial charge in [-0.05, 0) is 19.4 Å². The first-order chi connectivity index (χ1) is 15.9. The number of methoxy groups -OCH3 is 1. The van der Waals surface area contributed by atoms with Gasteiger partial charge in [-0.3, -0.25) is 14.2 Å². The number of nitrogens with one attached hydrogen (secondary N) is 1. The lowest BCUT2D eigenvalue weighted by molar-refractivity contribution is -0.116. The Morgan fingerprint density at radius 1 is 1.15 bits per heavy atom. The van der Waals surface area contributed by atoms with Gasteiger partial charge in [0.05, 0.1) is 19.5 Å². The van der Waals surface area contributed by atoms with Crippen LogP contribution in [0.2, 0.25) is 0 Å². The van der Waals surface area contributed by atoms with Gasteiger partial charge in [0.25, 0.3) is 5.56 Å². The van der Waals surface area contributed by atoms with Gasteiger partial charge in [-0.2, -0.15) is 0 Å². The average molecular weight is 452 g/mol. The summed E-state index contributed by atoms with van der Waals surface area (Å²) in [6.07, 6.45) is 1.50. The number of amides is 1. The Kier molecular flexibility index (Phi) is 6.22. The van der Waals surface area contributed by atoms with E-state index in [2.05, 4.69) is 15.5 Å². The van der Waals surface area contributed by atoms with E-state index in [0.717, 1.165) is 10.1 Å². The minimum Gasteiger partial charge on any atom is -0.383 e. The molecule has 0 saturated carbocycles. The monoisotopic (exact) mass is 452 g/mol. The molecule has 0 bridgehead atoms. The van der Waals surface area contributed by atoms with Gasteiger partial charge >= 0.3 is 5.69 Å². The molecule has 4 rings (SSSR count). The number of nitrogens with zero attached hydrogens (tertiary/aromatic N) is 5. The molecule has 0 aliphatic rings. The average Bonchev–Trinajstić information content (AvgIpc) is 3.37. The van der Waals surface area contributed by atoms with E-state index in [1.54, 1.807) is 25.5 Å². The maximum Gasteiger partial charge on any atom is 0.333 e. The molecule has 11 heteroatoms. The minimum absolute atomic E-state index is 0.198. The summed E-state index contributed by atoms with van der Waals surface area (Å²) in [4.78, 5) is 43.7. The molecule has 0 fully saturated rings. The van der Waals surface area contributed by atoms with Crippen LogP contribution >= 0.6 is 0 Å². The molecule has 33 heavy (non-hydrogen) atoms. The van der Waals surface area contributed by atoms with Crippen molar-refractivity contribution >= 4 is 22.8 Å². The predicted molar refractivity (Wildman–Crippen MR) is 120 cm³/mol. The third kappa shape index (κ3) is 4.35. The van der Waals surface area contributed by atoms with Crippen molar-refractivity contribution in [1.29, 1.82) is 0 Å². The number of rotatable bonds is 8. The van der Waals surface area contributed by atoms with E-state index in [0.29, 0.717) is 30.3 Å². The van der Waals surface area contributed by atoms with Crippen LogP contribution in [-0.2, 0) is 29.2 Å². The summed E-state index contributed by atoms with van der Waals surface area (Å²) in [5.41, 5.74) is 1.05. The largest absolute Gasteiger partial charge is 0.383 e. The Hall–Kier alpha value is -3.99. The highest BCUT2D eigenvalue weighted by molar-refractivity contribution is 5.91. The predicted octanol–water partition coefficient (Wildman–Crippen LogP) is 1.30. The van der Waals surface area contributed by atoms with E-state index in [4.69, 9.17) is 9.26 Å². The number of carbonyl (C=O) groups excluding carboxylic acids is 1. The van der Waals surface area contributed by atoms with E-state index in [1.165, 1.54) is 10.9 Å². The molecular weight excluding hydrogens is 428 g/mol. The lowest BCUT2D eigenvalue weighted by atomic mass is 10.2. The normalized spacial score (nSPS) is 11.2. The van der Waals surface area contributed by atoms with Gasteiger partial charge < -0.3 is 19.1 Å². The van der Waals surface area contributed by atoms with Crippen molar-refractivity contribution in [3.05, 3.63) is 74.5 Å². The lowest BCUT2D eigenvalue weighted by Gasteiger charge is -2.13. The van der Waals surface area contributed by atoms with Crippen molar-refractivity contribution in [2.75, 3.05) is 19.0 Å². The van der Waals surface area contributed by atoms with E-state index in [-0.39, 0.29) is 17.7 Å². The molecule has 0 radical (unpaired) electrons. The Balaban J connectivity index is 1.80. The van der Waals surface area contributed by atoms with Crippen molar-refractivity contribution < 1.29 is 14.1 Å². The Labute approximate surface area is 188 Å². The van der Waals surface area contributed by atoms with Crippen LogP contribution in [0.15, 0.2) is 50.8 Å². The molecule has 1 amide bonds. The van der Waals surface area contributed by atoms with Crippen LogP contribution in [-0.4, -0.2) is 43.5 Å².